The zero-order chi connectivity index (χ0) is 14.6. The highest BCUT2D eigenvalue weighted by Gasteiger charge is 2.43. The second-order valence-corrected chi connectivity index (χ2v) is 4.96. The predicted molar refractivity (Wildman–Crippen MR) is 68.0 cm³/mol. The number of ether oxygens (including phenoxy) is 1. The maximum absolute atomic E-state index is 11.7. The van der Waals surface area contributed by atoms with E-state index in [0.717, 1.165) is 6.42 Å². The lowest BCUT2D eigenvalue weighted by Gasteiger charge is -2.34. The summed E-state index contributed by atoms with van der Waals surface area (Å²) in [7, 11) is 1.63. The molecule has 1 aliphatic rings. The molecule has 19 heavy (non-hydrogen) atoms. The van der Waals surface area contributed by atoms with Crippen molar-refractivity contribution in [3.8, 4) is 0 Å². The third-order valence-electron chi connectivity index (χ3n) is 3.38. The molecule has 0 bridgehead atoms. The first-order chi connectivity index (χ1) is 8.80. The van der Waals surface area contributed by atoms with Gasteiger partial charge in [-0.15, -0.1) is 0 Å². The summed E-state index contributed by atoms with van der Waals surface area (Å²) >= 11 is 0. The van der Waals surface area contributed by atoms with Crippen molar-refractivity contribution in [2.24, 2.45) is 5.73 Å². The monoisotopic (exact) mass is 271 g/mol. The van der Waals surface area contributed by atoms with Gasteiger partial charge in [0.05, 0.1) is 6.04 Å². The predicted octanol–water partition coefficient (Wildman–Crippen LogP) is -0.950. The molecule has 0 aliphatic heterocycles. The summed E-state index contributed by atoms with van der Waals surface area (Å²) in [5.41, 5.74) is 4.71. The van der Waals surface area contributed by atoms with E-state index < -0.39 is 29.6 Å². The standard InChI is InChI=1S/C12H21N3O4/c1-7(14-3)9(16)15-8(2)10(17)19-11(18)12(13)5-4-6-12/h7-8,14H,4-6,13H2,1-3H3,(H,15,16)/t7-,8-/m0/s1. The normalized spacial score (nSPS) is 19.8. The molecule has 4 N–H and O–H groups in total. The minimum atomic E-state index is -1.03. The van der Waals surface area contributed by atoms with Crippen LogP contribution in [-0.4, -0.2) is 42.5 Å². The molecule has 0 saturated heterocycles. The van der Waals surface area contributed by atoms with Crippen LogP contribution in [0, 0.1) is 0 Å². The average Bonchev–Trinajstić information content (AvgIpc) is 2.34. The van der Waals surface area contributed by atoms with E-state index in [0.29, 0.717) is 12.8 Å². The summed E-state index contributed by atoms with van der Waals surface area (Å²) in [4.78, 5) is 34.8. The van der Waals surface area contributed by atoms with Crippen LogP contribution in [0.3, 0.4) is 0 Å². The molecule has 0 aromatic rings. The second kappa shape index (κ2) is 6.12. The van der Waals surface area contributed by atoms with Crippen molar-refractivity contribution in [2.75, 3.05) is 7.05 Å². The van der Waals surface area contributed by atoms with Crippen LogP contribution in [-0.2, 0) is 19.1 Å². The van der Waals surface area contributed by atoms with E-state index in [2.05, 4.69) is 10.6 Å². The molecule has 1 amide bonds. The highest BCUT2D eigenvalue weighted by Crippen LogP contribution is 2.30. The van der Waals surface area contributed by atoms with Crippen LogP contribution in [0.1, 0.15) is 33.1 Å². The minimum Gasteiger partial charge on any atom is -0.390 e. The molecule has 0 spiro atoms. The van der Waals surface area contributed by atoms with Crippen LogP contribution in [0.2, 0.25) is 0 Å². The van der Waals surface area contributed by atoms with Gasteiger partial charge in [0.15, 0.2) is 0 Å². The number of carbonyl (C=O) groups is 3. The highest BCUT2D eigenvalue weighted by molar-refractivity contribution is 5.95. The lowest BCUT2D eigenvalue weighted by atomic mass is 9.78. The van der Waals surface area contributed by atoms with Crippen LogP contribution in [0.25, 0.3) is 0 Å². The fraction of sp³-hybridized carbons (Fsp3) is 0.750. The van der Waals surface area contributed by atoms with E-state index in [9.17, 15) is 14.4 Å². The smallest absolute Gasteiger partial charge is 0.336 e. The molecule has 0 aromatic heterocycles. The van der Waals surface area contributed by atoms with Gasteiger partial charge in [-0.3, -0.25) is 4.79 Å². The molecular weight excluding hydrogens is 250 g/mol. The van der Waals surface area contributed by atoms with Gasteiger partial charge in [0, 0.05) is 0 Å². The number of amides is 1. The van der Waals surface area contributed by atoms with Gasteiger partial charge in [-0.05, 0) is 40.2 Å². The molecule has 0 unspecified atom stereocenters. The van der Waals surface area contributed by atoms with Crippen molar-refractivity contribution >= 4 is 17.8 Å². The third-order valence-corrected chi connectivity index (χ3v) is 3.38. The lowest BCUT2D eigenvalue weighted by Crippen LogP contribution is -2.56. The van der Waals surface area contributed by atoms with E-state index in [4.69, 9.17) is 10.5 Å². The molecule has 7 heteroatoms. The van der Waals surface area contributed by atoms with Gasteiger partial charge < -0.3 is 21.1 Å². The quantitative estimate of drug-likeness (QED) is 0.439. The van der Waals surface area contributed by atoms with E-state index in [1.807, 2.05) is 0 Å². The highest BCUT2D eigenvalue weighted by atomic mass is 16.6. The summed E-state index contributed by atoms with van der Waals surface area (Å²) in [5, 5.41) is 5.20. The van der Waals surface area contributed by atoms with Crippen LogP contribution in [0.4, 0.5) is 0 Å². The maximum Gasteiger partial charge on any atom is 0.336 e. The van der Waals surface area contributed by atoms with Gasteiger partial charge in [0.2, 0.25) is 5.91 Å². The van der Waals surface area contributed by atoms with Crippen LogP contribution < -0.4 is 16.4 Å². The molecule has 108 valence electrons. The largest absolute Gasteiger partial charge is 0.390 e. The Kier molecular flexibility index (Phi) is 5.02. The summed E-state index contributed by atoms with van der Waals surface area (Å²) in [6, 6.07) is -1.32. The van der Waals surface area contributed by atoms with Crippen molar-refractivity contribution in [1.29, 1.82) is 0 Å². The van der Waals surface area contributed by atoms with E-state index in [-0.39, 0.29) is 5.91 Å². The fourth-order valence-corrected chi connectivity index (χ4v) is 1.57. The van der Waals surface area contributed by atoms with Crippen LogP contribution in [0.15, 0.2) is 0 Å². The van der Waals surface area contributed by atoms with Crippen molar-refractivity contribution in [3.63, 3.8) is 0 Å². The Bertz CT molecular complexity index is 379. The van der Waals surface area contributed by atoms with Crippen LogP contribution >= 0.6 is 0 Å². The number of hydrogen-bond donors (Lipinski definition) is 3. The molecule has 0 radical (unpaired) electrons. The SMILES string of the molecule is CN[C@@H](C)C(=O)N[C@@H](C)C(=O)OC(=O)C1(N)CCC1. The maximum atomic E-state index is 11.7. The molecule has 1 saturated carbocycles. The molecule has 1 rings (SSSR count). The minimum absolute atomic E-state index is 0.342. The number of likely N-dealkylation sites (N-methyl/N-ethyl adjacent to an activating group) is 1. The van der Waals surface area contributed by atoms with Crippen LogP contribution in [0.5, 0.6) is 0 Å². The van der Waals surface area contributed by atoms with Gasteiger partial charge in [-0.25, -0.2) is 9.59 Å². The Morgan fingerprint density at radius 3 is 2.21 bits per heavy atom. The average molecular weight is 271 g/mol. The Morgan fingerprint density at radius 1 is 1.21 bits per heavy atom. The number of carbonyl (C=O) groups excluding carboxylic acids is 3. The van der Waals surface area contributed by atoms with Gasteiger partial charge >= 0.3 is 11.9 Å². The summed E-state index contributed by atoms with van der Waals surface area (Å²) in [6.07, 6.45) is 1.90. The fourth-order valence-electron chi connectivity index (χ4n) is 1.57. The Morgan fingerprint density at radius 2 is 1.79 bits per heavy atom. The molecular formula is C12H21N3O4. The first-order valence-electron chi connectivity index (χ1n) is 6.33. The van der Waals surface area contributed by atoms with Crippen molar-refractivity contribution in [3.05, 3.63) is 0 Å². The molecule has 1 aliphatic carbocycles. The molecule has 0 heterocycles. The number of nitrogens with one attached hydrogen (secondary N) is 2. The molecule has 1 fully saturated rings. The zero-order valence-electron chi connectivity index (χ0n) is 11.5. The van der Waals surface area contributed by atoms with Crippen molar-refractivity contribution in [2.45, 2.75) is 50.7 Å². The summed E-state index contributed by atoms with van der Waals surface area (Å²) < 4.78 is 4.70. The number of esters is 2. The second-order valence-electron chi connectivity index (χ2n) is 4.96. The summed E-state index contributed by atoms with van der Waals surface area (Å²) in [5.74, 6) is -1.85. The van der Waals surface area contributed by atoms with Gasteiger partial charge in [-0.2, -0.15) is 0 Å². The Labute approximate surface area is 112 Å². The number of hydrogen-bond acceptors (Lipinski definition) is 6. The van der Waals surface area contributed by atoms with Gasteiger partial charge in [-0.1, -0.05) is 0 Å². The first kappa shape index (κ1) is 15.6. The van der Waals surface area contributed by atoms with Gasteiger partial charge in [0.1, 0.15) is 11.6 Å². The molecule has 2 atom stereocenters. The van der Waals surface area contributed by atoms with Crippen molar-refractivity contribution in [1.82, 2.24) is 10.6 Å². The Balaban J connectivity index is 2.44. The third kappa shape index (κ3) is 3.74. The van der Waals surface area contributed by atoms with Gasteiger partial charge in [0.25, 0.3) is 0 Å². The molecule has 7 nitrogen and oxygen atoms in total. The van der Waals surface area contributed by atoms with E-state index in [1.165, 1.54) is 6.92 Å². The topological polar surface area (TPSA) is 111 Å². The van der Waals surface area contributed by atoms with Crippen molar-refractivity contribution < 1.29 is 19.1 Å². The van der Waals surface area contributed by atoms with E-state index in [1.54, 1.807) is 14.0 Å². The Hall–Kier alpha value is -1.47. The number of rotatable bonds is 5. The zero-order valence-corrected chi connectivity index (χ0v) is 11.5. The molecule has 0 aromatic carbocycles. The first-order valence-corrected chi connectivity index (χ1v) is 6.33. The van der Waals surface area contributed by atoms with E-state index >= 15 is 0 Å². The summed E-state index contributed by atoms with van der Waals surface area (Å²) in [6.45, 7) is 3.11. The lowest BCUT2D eigenvalue weighted by molar-refractivity contribution is -0.167. The number of nitrogens with two attached hydrogens (primary N) is 1.